The molecular weight excluding hydrogens is 514 g/mol. The number of rotatable bonds is 10. The van der Waals surface area contributed by atoms with E-state index in [9.17, 15) is 18.0 Å². The van der Waals surface area contributed by atoms with E-state index in [4.69, 9.17) is 16.3 Å². The third-order valence-corrected chi connectivity index (χ3v) is 7.84. The van der Waals surface area contributed by atoms with Gasteiger partial charge in [0.05, 0.1) is 34.0 Å². The Balaban J connectivity index is 1.95. The molecular formula is C27H30ClN3O5S. The smallest absolute Gasteiger partial charge is 0.264 e. The van der Waals surface area contributed by atoms with Crippen molar-refractivity contribution in [2.24, 2.45) is 0 Å². The second-order valence-electron chi connectivity index (χ2n) is 8.52. The summed E-state index contributed by atoms with van der Waals surface area (Å²) in [6.07, 6.45) is 0.747. The van der Waals surface area contributed by atoms with E-state index in [-0.39, 0.29) is 38.8 Å². The largest absolute Gasteiger partial charge is 0.495 e. The van der Waals surface area contributed by atoms with Crippen LogP contribution in [0.1, 0.15) is 36.2 Å². The molecule has 10 heteroatoms. The molecule has 0 radical (unpaired) electrons. The molecule has 0 heterocycles. The minimum absolute atomic E-state index is 0.0196. The molecule has 0 saturated carbocycles. The lowest BCUT2D eigenvalue weighted by molar-refractivity contribution is -0.114. The van der Waals surface area contributed by atoms with Crippen molar-refractivity contribution in [3.05, 3.63) is 82.9 Å². The first-order chi connectivity index (χ1) is 17.6. The predicted octanol–water partition coefficient (Wildman–Crippen LogP) is 5.02. The van der Waals surface area contributed by atoms with E-state index in [0.29, 0.717) is 5.75 Å². The molecule has 8 nitrogen and oxygen atoms in total. The van der Waals surface area contributed by atoms with Gasteiger partial charge in [-0.2, -0.15) is 0 Å². The predicted molar refractivity (Wildman–Crippen MR) is 146 cm³/mol. The molecule has 2 N–H and O–H groups in total. The fourth-order valence-corrected chi connectivity index (χ4v) is 5.14. The molecule has 3 aromatic carbocycles. The molecule has 196 valence electrons. The molecule has 0 aliphatic rings. The topological polar surface area (TPSA) is 105 Å². The Hall–Kier alpha value is -3.56. The number of carbonyl (C=O) groups excluding carboxylic acids is 2. The lowest BCUT2D eigenvalue weighted by Crippen LogP contribution is -2.38. The molecule has 3 rings (SSSR count). The fraction of sp³-hybridized carbons (Fsp3) is 0.259. The second kappa shape index (κ2) is 12.1. The van der Waals surface area contributed by atoms with Gasteiger partial charge in [0.1, 0.15) is 12.3 Å². The van der Waals surface area contributed by atoms with Gasteiger partial charge in [-0.1, -0.05) is 48.4 Å². The van der Waals surface area contributed by atoms with Crippen LogP contribution in [0.15, 0.2) is 71.6 Å². The van der Waals surface area contributed by atoms with Gasteiger partial charge in [0.2, 0.25) is 5.91 Å². The average molecular weight is 544 g/mol. The van der Waals surface area contributed by atoms with Crippen molar-refractivity contribution in [3.8, 4) is 5.75 Å². The van der Waals surface area contributed by atoms with Gasteiger partial charge in [-0.3, -0.25) is 13.9 Å². The van der Waals surface area contributed by atoms with Gasteiger partial charge in [-0.05, 0) is 62.7 Å². The van der Waals surface area contributed by atoms with Gasteiger partial charge in [0, 0.05) is 6.04 Å². The first-order valence-electron chi connectivity index (χ1n) is 11.7. The van der Waals surface area contributed by atoms with E-state index < -0.39 is 22.5 Å². The molecule has 0 spiro atoms. The number of nitrogens with zero attached hydrogens (tertiary/aromatic N) is 1. The third kappa shape index (κ3) is 6.81. The van der Waals surface area contributed by atoms with Crippen molar-refractivity contribution in [1.29, 1.82) is 0 Å². The number of sulfonamides is 1. The highest BCUT2D eigenvalue weighted by Crippen LogP contribution is 2.32. The van der Waals surface area contributed by atoms with Crippen LogP contribution in [0, 0.1) is 6.92 Å². The molecule has 0 unspecified atom stereocenters. The first-order valence-corrected chi connectivity index (χ1v) is 13.5. The number of benzene rings is 3. The van der Waals surface area contributed by atoms with Crippen LogP contribution in [0.2, 0.25) is 5.02 Å². The third-order valence-electron chi connectivity index (χ3n) is 5.76. The molecule has 0 bridgehead atoms. The number of para-hydroxylation sites is 1. The molecule has 0 aliphatic heterocycles. The van der Waals surface area contributed by atoms with Crippen molar-refractivity contribution < 1.29 is 22.7 Å². The van der Waals surface area contributed by atoms with Crippen molar-refractivity contribution in [1.82, 2.24) is 5.32 Å². The normalized spacial score (nSPS) is 11.9. The Morgan fingerprint density at radius 2 is 1.73 bits per heavy atom. The Morgan fingerprint density at radius 3 is 2.35 bits per heavy atom. The van der Waals surface area contributed by atoms with E-state index in [1.807, 2.05) is 20.8 Å². The zero-order valence-electron chi connectivity index (χ0n) is 21.1. The first kappa shape index (κ1) is 28.0. The summed E-state index contributed by atoms with van der Waals surface area (Å²) >= 11 is 6.27. The minimum Gasteiger partial charge on any atom is -0.495 e. The van der Waals surface area contributed by atoms with Crippen LogP contribution in [0.3, 0.4) is 0 Å². The van der Waals surface area contributed by atoms with Gasteiger partial charge >= 0.3 is 0 Å². The number of nitrogens with one attached hydrogen (secondary N) is 2. The van der Waals surface area contributed by atoms with E-state index in [1.54, 1.807) is 36.4 Å². The highest BCUT2D eigenvalue weighted by molar-refractivity contribution is 7.92. The summed E-state index contributed by atoms with van der Waals surface area (Å²) in [5.74, 6) is -0.605. The van der Waals surface area contributed by atoms with E-state index in [1.165, 1.54) is 37.4 Å². The maximum Gasteiger partial charge on any atom is 0.264 e. The van der Waals surface area contributed by atoms with Crippen LogP contribution in [0.25, 0.3) is 0 Å². The molecule has 0 saturated heterocycles. The summed E-state index contributed by atoms with van der Waals surface area (Å²) in [4.78, 5) is 25.9. The second-order valence-corrected chi connectivity index (χ2v) is 10.8. The zero-order valence-corrected chi connectivity index (χ0v) is 22.7. The minimum atomic E-state index is -4.15. The number of ether oxygens (including phenoxy) is 1. The summed E-state index contributed by atoms with van der Waals surface area (Å²) < 4.78 is 33.4. The number of anilines is 2. The Labute approximate surface area is 222 Å². The van der Waals surface area contributed by atoms with E-state index >= 15 is 0 Å². The van der Waals surface area contributed by atoms with Crippen LogP contribution in [0.4, 0.5) is 11.4 Å². The number of aryl methyl sites for hydroxylation is 1. The monoisotopic (exact) mass is 543 g/mol. The number of halogens is 1. The number of amides is 2. The number of hydrogen-bond donors (Lipinski definition) is 2. The van der Waals surface area contributed by atoms with Gasteiger partial charge in [0.25, 0.3) is 15.9 Å². The fourth-order valence-electron chi connectivity index (χ4n) is 3.48. The molecule has 37 heavy (non-hydrogen) atoms. The lowest BCUT2D eigenvalue weighted by Gasteiger charge is -2.25. The molecule has 1 atom stereocenters. The van der Waals surface area contributed by atoms with Gasteiger partial charge < -0.3 is 15.4 Å². The van der Waals surface area contributed by atoms with Crippen molar-refractivity contribution >= 4 is 44.8 Å². The molecule has 0 aromatic heterocycles. The number of carbonyl (C=O) groups is 2. The summed E-state index contributed by atoms with van der Waals surface area (Å²) in [6, 6.07) is 17.3. The summed E-state index contributed by atoms with van der Waals surface area (Å²) in [6.45, 7) is 5.12. The standard InChI is InChI=1S/C27H30ClN3O5S/c1-5-19(3)29-27(33)22-8-6-7-9-24(22)30-26(32)17-31(20-12-15-25(36-4)23(28)16-20)37(34,35)21-13-10-18(2)11-14-21/h6-16,19H,5,17H2,1-4H3,(H,29,33)(H,30,32)/t19-/m1/s1. The average Bonchev–Trinajstić information content (AvgIpc) is 2.87. The van der Waals surface area contributed by atoms with E-state index in [0.717, 1.165) is 16.3 Å². The lowest BCUT2D eigenvalue weighted by atomic mass is 10.1. The van der Waals surface area contributed by atoms with Gasteiger partial charge in [-0.25, -0.2) is 8.42 Å². The Bertz CT molecular complexity index is 1380. The summed E-state index contributed by atoms with van der Waals surface area (Å²) in [5.41, 5.74) is 1.62. The molecule has 3 aromatic rings. The Morgan fingerprint density at radius 1 is 1.05 bits per heavy atom. The van der Waals surface area contributed by atoms with Crippen LogP contribution in [-0.2, 0) is 14.8 Å². The quantitative estimate of drug-likeness (QED) is 0.373. The molecule has 0 aliphatic carbocycles. The highest BCUT2D eigenvalue weighted by Gasteiger charge is 2.28. The van der Waals surface area contributed by atoms with Gasteiger partial charge in [0.15, 0.2) is 0 Å². The molecule has 0 fully saturated rings. The van der Waals surface area contributed by atoms with E-state index in [2.05, 4.69) is 10.6 Å². The SMILES string of the molecule is CC[C@@H](C)NC(=O)c1ccccc1NC(=O)CN(c1ccc(OC)c(Cl)c1)S(=O)(=O)c1ccc(C)cc1. The highest BCUT2D eigenvalue weighted by atomic mass is 35.5. The van der Waals surface area contributed by atoms with Gasteiger partial charge in [-0.15, -0.1) is 0 Å². The van der Waals surface area contributed by atoms with Crippen LogP contribution in [0.5, 0.6) is 5.75 Å². The molecule has 2 amide bonds. The Kier molecular flexibility index (Phi) is 9.18. The van der Waals surface area contributed by atoms with Crippen molar-refractivity contribution in [2.75, 3.05) is 23.3 Å². The zero-order chi connectivity index (χ0) is 27.2. The van der Waals surface area contributed by atoms with Crippen LogP contribution < -0.4 is 19.7 Å². The summed E-state index contributed by atoms with van der Waals surface area (Å²) in [7, 11) is -2.70. The summed E-state index contributed by atoms with van der Waals surface area (Å²) in [5, 5.41) is 5.75. The number of hydrogen-bond acceptors (Lipinski definition) is 5. The maximum absolute atomic E-state index is 13.6. The maximum atomic E-state index is 13.6. The number of methoxy groups -OCH3 is 1. The van der Waals surface area contributed by atoms with Crippen LogP contribution >= 0.6 is 11.6 Å². The van der Waals surface area contributed by atoms with Crippen molar-refractivity contribution in [2.45, 2.75) is 38.1 Å². The van der Waals surface area contributed by atoms with Crippen molar-refractivity contribution in [3.63, 3.8) is 0 Å². The van der Waals surface area contributed by atoms with Crippen LogP contribution in [-0.4, -0.2) is 39.9 Å².